The molecule has 2 atom stereocenters. The quantitative estimate of drug-likeness (QED) is 0.690. The van der Waals surface area contributed by atoms with E-state index in [4.69, 9.17) is 11.6 Å². The molecule has 3 aromatic rings. The zero-order valence-corrected chi connectivity index (χ0v) is 16.3. The summed E-state index contributed by atoms with van der Waals surface area (Å²) in [5, 5.41) is 20.5. The molecule has 144 valence electrons. The number of pyridine rings is 1. The number of para-hydroxylation sites is 1. The third-order valence-corrected chi connectivity index (χ3v) is 7.36. The van der Waals surface area contributed by atoms with Gasteiger partial charge in [0.1, 0.15) is 5.82 Å². The monoisotopic (exact) mass is 394 g/mol. The maximum Gasteiger partial charge on any atom is 0.159 e. The van der Waals surface area contributed by atoms with Crippen molar-refractivity contribution in [1.29, 1.82) is 0 Å². The molecule has 5 nitrogen and oxygen atoms in total. The lowest BCUT2D eigenvalue weighted by Gasteiger charge is -2.58. The van der Waals surface area contributed by atoms with Gasteiger partial charge >= 0.3 is 0 Å². The van der Waals surface area contributed by atoms with Gasteiger partial charge in [-0.2, -0.15) is 5.10 Å². The Morgan fingerprint density at radius 1 is 1.11 bits per heavy atom. The Morgan fingerprint density at radius 3 is 2.68 bits per heavy atom. The summed E-state index contributed by atoms with van der Waals surface area (Å²) < 4.78 is 1.88. The molecule has 4 saturated carbocycles. The summed E-state index contributed by atoms with van der Waals surface area (Å²) in [4.78, 5) is 4.57. The predicted octanol–water partition coefficient (Wildman–Crippen LogP) is 4.43. The van der Waals surface area contributed by atoms with E-state index in [0.717, 1.165) is 41.7 Å². The standard InChI is InChI=1S/C22H23ClN4O/c23-21-17-3-1-2-4-18(17)27(26-21)16-5-6-24-19(9-16)25-20-14-7-13-8-15(20)12-22(28,10-13)11-14/h1-6,9,13-15,20,28H,7-8,10-12H2,(H,24,25)/t13?,14-,15-,20?,22?/m1/s1. The number of halogens is 1. The topological polar surface area (TPSA) is 63.0 Å². The molecule has 2 N–H and O–H groups in total. The van der Waals surface area contributed by atoms with Crippen LogP contribution in [-0.2, 0) is 0 Å². The van der Waals surface area contributed by atoms with Crippen molar-refractivity contribution in [1.82, 2.24) is 14.8 Å². The van der Waals surface area contributed by atoms with Gasteiger partial charge in [0.2, 0.25) is 0 Å². The molecule has 6 heteroatoms. The van der Waals surface area contributed by atoms with Gasteiger partial charge in [-0.3, -0.25) is 0 Å². The van der Waals surface area contributed by atoms with Gasteiger partial charge in [-0.25, -0.2) is 9.67 Å². The second-order valence-electron chi connectivity index (χ2n) is 8.98. The molecule has 1 aromatic carbocycles. The fourth-order valence-corrected chi connectivity index (χ4v) is 6.48. The Bertz CT molecular complexity index is 1050. The van der Waals surface area contributed by atoms with Crippen LogP contribution in [0.25, 0.3) is 16.6 Å². The summed E-state index contributed by atoms with van der Waals surface area (Å²) in [6.07, 6.45) is 7.15. The lowest BCUT2D eigenvalue weighted by molar-refractivity contribution is -0.129. The van der Waals surface area contributed by atoms with Crippen LogP contribution in [0.1, 0.15) is 32.1 Å². The van der Waals surface area contributed by atoms with E-state index in [-0.39, 0.29) is 0 Å². The van der Waals surface area contributed by atoms with Crippen LogP contribution in [0.2, 0.25) is 5.15 Å². The third kappa shape index (κ3) is 2.56. The number of fused-ring (bicyclic) bond motifs is 1. The highest BCUT2D eigenvalue weighted by Gasteiger charge is 2.54. The summed E-state index contributed by atoms with van der Waals surface area (Å²) in [7, 11) is 0. The minimum Gasteiger partial charge on any atom is -0.390 e. The van der Waals surface area contributed by atoms with Gasteiger partial charge in [0, 0.05) is 23.7 Å². The predicted molar refractivity (Wildman–Crippen MR) is 110 cm³/mol. The first kappa shape index (κ1) is 16.8. The van der Waals surface area contributed by atoms with E-state index in [1.165, 1.54) is 12.8 Å². The van der Waals surface area contributed by atoms with Crippen molar-refractivity contribution in [3.8, 4) is 5.69 Å². The first-order valence-electron chi connectivity index (χ1n) is 10.2. The van der Waals surface area contributed by atoms with E-state index >= 15 is 0 Å². The third-order valence-electron chi connectivity index (χ3n) is 7.09. The molecular formula is C22H23ClN4O. The molecule has 4 fully saturated rings. The molecule has 7 rings (SSSR count). The Balaban J connectivity index is 1.32. The number of anilines is 1. The maximum atomic E-state index is 10.8. The number of hydrogen-bond acceptors (Lipinski definition) is 4. The van der Waals surface area contributed by atoms with Crippen molar-refractivity contribution < 1.29 is 5.11 Å². The van der Waals surface area contributed by atoms with Gasteiger partial charge in [0.15, 0.2) is 5.15 Å². The summed E-state index contributed by atoms with van der Waals surface area (Å²) in [6.45, 7) is 0. The van der Waals surface area contributed by atoms with Crippen molar-refractivity contribution in [3.05, 3.63) is 47.7 Å². The van der Waals surface area contributed by atoms with Gasteiger partial charge in [-0.15, -0.1) is 0 Å². The van der Waals surface area contributed by atoms with Gasteiger partial charge < -0.3 is 10.4 Å². The summed E-state index contributed by atoms with van der Waals surface area (Å²) in [5.74, 6) is 2.67. The molecule has 4 aliphatic carbocycles. The van der Waals surface area contributed by atoms with E-state index in [2.05, 4.69) is 21.5 Å². The molecule has 0 amide bonds. The molecule has 2 heterocycles. The number of hydrogen-bond donors (Lipinski definition) is 2. The highest BCUT2D eigenvalue weighted by molar-refractivity contribution is 6.34. The Morgan fingerprint density at radius 2 is 1.89 bits per heavy atom. The molecule has 28 heavy (non-hydrogen) atoms. The van der Waals surface area contributed by atoms with Gasteiger partial charge in [-0.05, 0) is 68.1 Å². The molecule has 0 spiro atoms. The molecule has 0 aliphatic heterocycles. The van der Waals surface area contributed by atoms with Crippen molar-refractivity contribution in [2.24, 2.45) is 17.8 Å². The lowest BCUT2D eigenvalue weighted by Crippen LogP contribution is -2.59. The number of aromatic nitrogens is 3. The summed E-state index contributed by atoms with van der Waals surface area (Å²) in [6, 6.07) is 12.4. The number of rotatable bonds is 3. The number of benzene rings is 1. The van der Waals surface area contributed by atoms with E-state index in [0.29, 0.717) is 28.9 Å². The average Bonchev–Trinajstić information content (AvgIpc) is 3.01. The Labute approximate surface area is 168 Å². The van der Waals surface area contributed by atoms with Crippen LogP contribution in [0.3, 0.4) is 0 Å². The van der Waals surface area contributed by atoms with Gasteiger partial charge in [-0.1, -0.05) is 23.7 Å². The van der Waals surface area contributed by atoms with E-state index < -0.39 is 5.60 Å². The second-order valence-corrected chi connectivity index (χ2v) is 9.34. The van der Waals surface area contributed by atoms with E-state index in [1.807, 2.05) is 41.2 Å². The molecule has 4 bridgehead atoms. The minimum atomic E-state index is -0.408. The fourth-order valence-electron chi connectivity index (χ4n) is 6.24. The first-order chi connectivity index (χ1) is 13.6. The highest BCUT2D eigenvalue weighted by Crippen LogP contribution is 2.56. The normalized spacial score (nSPS) is 33.5. The van der Waals surface area contributed by atoms with Crippen LogP contribution in [0.4, 0.5) is 5.82 Å². The van der Waals surface area contributed by atoms with Crippen LogP contribution < -0.4 is 5.32 Å². The van der Waals surface area contributed by atoms with E-state index in [1.54, 1.807) is 0 Å². The zero-order valence-electron chi connectivity index (χ0n) is 15.6. The smallest absolute Gasteiger partial charge is 0.159 e. The maximum absolute atomic E-state index is 10.8. The van der Waals surface area contributed by atoms with Crippen LogP contribution in [0, 0.1) is 17.8 Å². The molecule has 4 aliphatic rings. The SMILES string of the molecule is OC12CC3C[C@H](C1)C(Nc1cc(-n4nc(Cl)c5ccccc54)ccn1)[C@H](C3)C2. The average molecular weight is 395 g/mol. The molecule has 0 unspecified atom stereocenters. The first-order valence-corrected chi connectivity index (χ1v) is 10.5. The molecule has 0 saturated heterocycles. The fraction of sp³-hybridized carbons (Fsp3) is 0.455. The van der Waals surface area contributed by atoms with Crippen LogP contribution in [0.15, 0.2) is 42.6 Å². The van der Waals surface area contributed by atoms with Crippen molar-refractivity contribution in [2.45, 2.75) is 43.7 Å². The van der Waals surface area contributed by atoms with E-state index in [9.17, 15) is 5.11 Å². The zero-order chi connectivity index (χ0) is 18.9. The Kier molecular flexibility index (Phi) is 3.57. The van der Waals surface area contributed by atoms with Crippen LogP contribution in [-0.4, -0.2) is 31.5 Å². The van der Waals surface area contributed by atoms with Crippen molar-refractivity contribution in [3.63, 3.8) is 0 Å². The van der Waals surface area contributed by atoms with Crippen LogP contribution in [0.5, 0.6) is 0 Å². The van der Waals surface area contributed by atoms with Crippen molar-refractivity contribution >= 4 is 28.3 Å². The van der Waals surface area contributed by atoms with Crippen molar-refractivity contribution in [2.75, 3.05) is 5.32 Å². The van der Waals surface area contributed by atoms with Gasteiger partial charge in [0.05, 0.1) is 16.8 Å². The molecular weight excluding hydrogens is 372 g/mol. The molecule has 2 aromatic heterocycles. The van der Waals surface area contributed by atoms with Crippen LogP contribution >= 0.6 is 11.6 Å². The number of nitrogens with zero attached hydrogens (tertiary/aromatic N) is 3. The molecule has 0 radical (unpaired) electrons. The van der Waals surface area contributed by atoms with Gasteiger partial charge in [0.25, 0.3) is 0 Å². The Hall–Kier alpha value is -2.11. The second kappa shape index (κ2) is 5.94. The minimum absolute atomic E-state index is 0.400. The summed E-state index contributed by atoms with van der Waals surface area (Å²) >= 11 is 6.33. The number of aliphatic hydroxyl groups is 1. The summed E-state index contributed by atoms with van der Waals surface area (Å²) in [5.41, 5.74) is 1.53. The largest absolute Gasteiger partial charge is 0.390 e. The highest BCUT2D eigenvalue weighted by atomic mass is 35.5. The number of nitrogens with one attached hydrogen (secondary N) is 1. The lowest BCUT2D eigenvalue weighted by atomic mass is 9.52.